The molecule has 0 aliphatic carbocycles. The number of benzene rings is 2. The SMILES string of the molecule is Cc1nc2ccccc2n1CC(=O)N/N=C/c1cc([N+](=O)[O-])ccc1O. The first-order valence-corrected chi connectivity index (χ1v) is 7.67. The van der Waals surface area contributed by atoms with E-state index in [9.17, 15) is 20.0 Å². The van der Waals surface area contributed by atoms with Gasteiger partial charge < -0.3 is 9.67 Å². The Hall–Kier alpha value is -3.75. The number of hydrazone groups is 1. The highest BCUT2D eigenvalue weighted by molar-refractivity contribution is 5.86. The second kappa shape index (κ2) is 7.01. The molecule has 26 heavy (non-hydrogen) atoms. The van der Waals surface area contributed by atoms with Gasteiger partial charge in [-0.05, 0) is 25.1 Å². The third-order valence-electron chi connectivity index (χ3n) is 3.76. The van der Waals surface area contributed by atoms with Crippen LogP contribution in [0.4, 0.5) is 5.69 Å². The minimum Gasteiger partial charge on any atom is -0.507 e. The number of non-ortho nitro benzene ring substituents is 1. The number of aromatic nitrogens is 2. The summed E-state index contributed by atoms with van der Waals surface area (Å²) in [6.45, 7) is 1.82. The zero-order valence-corrected chi connectivity index (χ0v) is 13.8. The molecule has 132 valence electrons. The number of phenols is 1. The van der Waals surface area contributed by atoms with Crippen LogP contribution in [0.2, 0.25) is 0 Å². The Morgan fingerprint density at radius 3 is 2.92 bits per heavy atom. The fourth-order valence-electron chi connectivity index (χ4n) is 2.51. The molecule has 0 aliphatic heterocycles. The molecule has 0 fully saturated rings. The van der Waals surface area contributed by atoms with Crippen molar-refractivity contribution >= 4 is 28.8 Å². The van der Waals surface area contributed by atoms with E-state index in [2.05, 4.69) is 15.5 Å². The molecule has 1 heterocycles. The number of fused-ring (bicyclic) bond motifs is 1. The van der Waals surface area contributed by atoms with Crippen molar-refractivity contribution < 1.29 is 14.8 Å². The number of rotatable bonds is 5. The van der Waals surface area contributed by atoms with Crippen molar-refractivity contribution in [2.45, 2.75) is 13.5 Å². The summed E-state index contributed by atoms with van der Waals surface area (Å²) in [5, 5.41) is 24.2. The summed E-state index contributed by atoms with van der Waals surface area (Å²) in [5.74, 6) is 0.129. The van der Waals surface area contributed by atoms with Crippen molar-refractivity contribution in [3.05, 3.63) is 64.0 Å². The number of nitrogens with zero attached hydrogens (tertiary/aromatic N) is 4. The zero-order chi connectivity index (χ0) is 18.7. The van der Waals surface area contributed by atoms with Crippen LogP contribution in [0.3, 0.4) is 0 Å². The van der Waals surface area contributed by atoms with Gasteiger partial charge in [-0.15, -0.1) is 0 Å². The fourth-order valence-corrected chi connectivity index (χ4v) is 2.51. The molecule has 0 spiro atoms. The van der Waals surface area contributed by atoms with E-state index >= 15 is 0 Å². The van der Waals surface area contributed by atoms with Crippen molar-refractivity contribution in [3.8, 4) is 5.75 Å². The molecular formula is C17H15N5O4. The maximum atomic E-state index is 12.1. The standard InChI is InChI=1S/C17H15N5O4/c1-11-19-14-4-2-3-5-15(14)21(11)10-17(24)20-18-9-12-8-13(22(25)26)6-7-16(12)23/h2-9,23H,10H2,1H3,(H,20,24)/b18-9+. The Kier molecular flexibility index (Phi) is 4.61. The van der Waals surface area contributed by atoms with Crippen LogP contribution < -0.4 is 5.43 Å². The average Bonchev–Trinajstić information content (AvgIpc) is 2.92. The van der Waals surface area contributed by atoms with Crippen molar-refractivity contribution in [1.29, 1.82) is 0 Å². The largest absolute Gasteiger partial charge is 0.507 e. The molecule has 0 saturated heterocycles. The summed E-state index contributed by atoms with van der Waals surface area (Å²) in [7, 11) is 0. The number of nitro benzene ring substituents is 1. The minimum atomic E-state index is -0.581. The number of para-hydroxylation sites is 2. The molecule has 3 rings (SSSR count). The quantitative estimate of drug-likeness (QED) is 0.413. The lowest BCUT2D eigenvalue weighted by molar-refractivity contribution is -0.384. The summed E-state index contributed by atoms with van der Waals surface area (Å²) in [6.07, 6.45) is 1.15. The number of aryl methyl sites for hydroxylation is 1. The lowest BCUT2D eigenvalue weighted by Crippen LogP contribution is -2.23. The number of nitro groups is 1. The van der Waals surface area contributed by atoms with Gasteiger partial charge in [0.25, 0.3) is 11.6 Å². The van der Waals surface area contributed by atoms with Crippen molar-refractivity contribution in [2.24, 2.45) is 5.10 Å². The molecule has 0 unspecified atom stereocenters. The monoisotopic (exact) mass is 353 g/mol. The zero-order valence-electron chi connectivity index (χ0n) is 13.8. The second-order valence-corrected chi connectivity index (χ2v) is 5.53. The van der Waals surface area contributed by atoms with Gasteiger partial charge in [0.1, 0.15) is 18.1 Å². The first-order chi connectivity index (χ1) is 12.5. The van der Waals surface area contributed by atoms with E-state index in [0.29, 0.717) is 5.82 Å². The predicted molar refractivity (Wildman–Crippen MR) is 95.0 cm³/mol. The van der Waals surface area contributed by atoms with Crippen LogP contribution in [0.5, 0.6) is 5.75 Å². The third kappa shape index (κ3) is 3.51. The third-order valence-corrected chi connectivity index (χ3v) is 3.76. The number of aromatic hydroxyl groups is 1. The molecular weight excluding hydrogens is 338 g/mol. The van der Waals surface area contributed by atoms with Crippen LogP contribution in [0.1, 0.15) is 11.4 Å². The topological polar surface area (TPSA) is 123 Å². The predicted octanol–water partition coefficient (Wildman–Crippen LogP) is 2.11. The molecule has 1 amide bonds. The first-order valence-electron chi connectivity index (χ1n) is 7.67. The van der Waals surface area contributed by atoms with E-state index in [-0.39, 0.29) is 23.5 Å². The number of nitrogens with one attached hydrogen (secondary N) is 1. The Balaban J connectivity index is 1.71. The van der Waals surface area contributed by atoms with E-state index < -0.39 is 10.8 Å². The Morgan fingerprint density at radius 2 is 2.15 bits per heavy atom. The summed E-state index contributed by atoms with van der Waals surface area (Å²) >= 11 is 0. The maximum absolute atomic E-state index is 12.1. The normalized spacial score (nSPS) is 11.1. The summed E-state index contributed by atoms with van der Waals surface area (Å²) < 4.78 is 1.75. The fraction of sp³-hybridized carbons (Fsp3) is 0.118. The molecule has 9 nitrogen and oxygen atoms in total. The average molecular weight is 353 g/mol. The van der Waals surface area contributed by atoms with E-state index in [1.807, 2.05) is 24.3 Å². The molecule has 0 radical (unpaired) electrons. The van der Waals surface area contributed by atoms with Crippen LogP contribution in [0.25, 0.3) is 11.0 Å². The van der Waals surface area contributed by atoms with Crippen molar-refractivity contribution in [2.75, 3.05) is 0 Å². The lowest BCUT2D eigenvalue weighted by atomic mass is 10.2. The Labute approximate surface area is 147 Å². The molecule has 2 aromatic carbocycles. The molecule has 3 aromatic rings. The van der Waals surface area contributed by atoms with E-state index in [1.165, 1.54) is 18.2 Å². The van der Waals surface area contributed by atoms with Crippen molar-refractivity contribution in [3.63, 3.8) is 0 Å². The van der Waals surface area contributed by atoms with Gasteiger partial charge in [0.05, 0.1) is 22.2 Å². The molecule has 0 aliphatic rings. The Bertz CT molecular complexity index is 1030. The molecule has 0 bridgehead atoms. The summed E-state index contributed by atoms with van der Waals surface area (Å²) in [5.41, 5.74) is 3.91. The number of hydrogen-bond acceptors (Lipinski definition) is 6. The highest BCUT2D eigenvalue weighted by Gasteiger charge is 2.11. The van der Waals surface area contributed by atoms with E-state index in [0.717, 1.165) is 17.2 Å². The van der Waals surface area contributed by atoms with Gasteiger partial charge in [-0.3, -0.25) is 14.9 Å². The van der Waals surface area contributed by atoms with Gasteiger partial charge in [-0.1, -0.05) is 12.1 Å². The molecule has 9 heteroatoms. The van der Waals surface area contributed by atoms with Gasteiger partial charge in [0.15, 0.2) is 0 Å². The smallest absolute Gasteiger partial charge is 0.270 e. The van der Waals surface area contributed by atoms with Crippen LogP contribution in [0, 0.1) is 17.0 Å². The Morgan fingerprint density at radius 1 is 1.38 bits per heavy atom. The number of carbonyl (C=O) groups is 1. The molecule has 2 N–H and O–H groups in total. The minimum absolute atomic E-state index is 0.0185. The summed E-state index contributed by atoms with van der Waals surface area (Å²) in [6, 6.07) is 11.0. The van der Waals surface area contributed by atoms with Gasteiger partial charge in [-0.2, -0.15) is 5.10 Å². The van der Waals surface area contributed by atoms with Crippen molar-refractivity contribution in [1.82, 2.24) is 15.0 Å². The first kappa shape index (κ1) is 17.1. The number of phenolic OH excluding ortho intramolecular Hbond substituents is 1. The van der Waals surface area contributed by atoms with Gasteiger partial charge in [0.2, 0.25) is 0 Å². The number of carbonyl (C=O) groups excluding carboxylic acids is 1. The van der Waals surface area contributed by atoms with E-state index in [4.69, 9.17) is 0 Å². The van der Waals surface area contributed by atoms with E-state index in [1.54, 1.807) is 11.5 Å². The second-order valence-electron chi connectivity index (χ2n) is 5.53. The maximum Gasteiger partial charge on any atom is 0.270 e. The number of amides is 1. The lowest BCUT2D eigenvalue weighted by Gasteiger charge is -2.05. The molecule has 0 saturated carbocycles. The molecule has 1 aromatic heterocycles. The molecule has 0 atom stereocenters. The van der Waals surface area contributed by atoms with Gasteiger partial charge in [-0.25, -0.2) is 10.4 Å². The van der Waals surface area contributed by atoms with Crippen LogP contribution in [0.15, 0.2) is 47.6 Å². The number of imidazole rings is 1. The van der Waals surface area contributed by atoms with Crippen LogP contribution in [-0.2, 0) is 11.3 Å². The number of hydrogen-bond donors (Lipinski definition) is 2. The highest BCUT2D eigenvalue weighted by atomic mass is 16.6. The van der Waals surface area contributed by atoms with Gasteiger partial charge in [0, 0.05) is 17.7 Å². The van der Waals surface area contributed by atoms with Crippen LogP contribution >= 0.6 is 0 Å². The van der Waals surface area contributed by atoms with Crippen LogP contribution in [-0.4, -0.2) is 31.7 Å². The highest BCUT2D eigenvalue weighted by Crippen LogP contribution is 2.21. The summed E-state index contributed by atoms with van der Waals surface area (Å²) in [4.78, 5) is 26.7. The van der Waals surface area contributed by atoms with Gasteiger partial charge >= 0.3 is 0 Å².